The Morgan fingerprint density at radius 2 is 2.12 bits per heavy atom. The van der Waals surface area contributed by atoms with Crippen LogP contribution >= 0.6 is 12.2 Å². The number of nitrogens with zero attached hydrogens (tertiary/aromatic N) is 1. The molecule has 0 aliphatic carbocycles. The number of para-hydroxylation sites is 1. The summed E-state index contributed by atoms with van der Waals surface area (Å²) < 4.78 is 5.20. The Morgan fingerprint density at radius 1 is 1.47 bits per heavy atom. The average molecular weight is 252 g/mol. The van der Waals surface area contributed by atoms with Crippen LogP contribution in [-0.2, 0) is 4.74 Å². The minimum Gasteiger partial charge on any atom is -0.389 e. The van der Waals surface area contributed by atoms with E-state index in [1.54, 1.807) is 7.11 Å². The number of nitrogens with two attached hydrogens (primary N) is 1. The van der Waals surface area contributed by atoms with Crippen LogP contribution in [0.3, 0.4) is 0 Å². The van der Waals surface area contributed by atoms with Crippen LogP contribution in [-0.4, -0.2) is 31.3 Å². The van der Waals surface area contributed by atoms with Crippen LogP contribution in [0.2, 0.25) is 0 Å². The van der Waals surface area contributed by atoms with Crippen molar-refractivity contribution >= 4 is 22.9 Å². The highest BCUT2D eigenvalue weighted by Crippen LogP contribution is 2.22. The predicted octanol–water partition coefficient (Wildman–Crippen LogP) is 2.18. The lowest BCUT2D eigenvalue weighted by Crippen LogP contribution is -2.37. The molecule has 0 spiro atoms. The number of rotatable bonds is 6. The molecule has 4 heteroatoms. The summed E-state index contributed by atoms with van der Waals surface area (Å²) in [6.07, 6.45) is 0. The Bertz CT molecular complexity index is 381. The number of methoxy groups -OCH3 is 1. The Morgan fingerprint density at radius 3 is 2.65 bits per heavy atom. The lowest BCUT2D eigenvalue weighted by molar-refractivity contribution is 0.182. The van der Waals surface area contributed by atoms with Crippen LogP contribution in [0.25, 0.3) is 0 Å². The van der Waals surface area contributed by atoms with Crippen molar-refractivity contribution in [1.82, 2.24) is 0 Å². The largest absolute Gasteiger partial charge is 0.389 e. The van der Waals surface area contributed by atoms with Crippen molar-refractivity contribution in [3.05, 3.63) is 29.8 Å². The molecule has 1 unspecified atom stereocenters. The fraction of sp³-hybridized carbons (Fsp3) is 0.462. The van der Waals surface area contributed by atoms with Gasteiger partial charge in [0.15, 0.2) is 0 Å². The number of ether oxygens (including phenoxy) is 1. The van der Waals surface area contributed by atoms with Crippen LogP contribution in [0.4, 0.5) is 5.69 Å². The van der Waals surface area contributed by atoms with Gasteiger partial charge in [0, 0.05) is 30.9 Å². The minimum absolute atomic E-state index is 0.292. The molecule has 1 rings (SSSR count). The molecule has 1 aromatic carbocycles. The van der Waals surface area contributed by atoms with Crippen LogP contribution < -0.4 is 10.6 Å². The van der Waals surface area contributed by atoms with E-state index in [-0.39, 0.29) is 0 Å². The molecule has 0 fully saturated rings. The van der Waals surface area contributed by atoms with Gasteiger partial charge in [-0.15, -0.1) is 0 Å². The normalized spacial score (nSPS) is 12.2. The number of likely N-dealkylation sites (N-methyl/N-ethyl adjacent to an activating group) is 1. The topological polar surface area (TPSA) is 38.5 Å². The van der Waals surface area contributed by atoms with Gasteiger partial charge in [-0.3, -0.25) is 0 Å². The molecule has 0 radical (unpaired) electrons. The standard InChI is InChI=1S/C13H20N2OS/c1-4-15(10(2)9-16-3)12-8-6-5-7-11(12)13(14)17/h5-8,10H,4,9H2,1-3H3,(H2,14,17). The molecule has 0 aromatic heterocycles. The molecule has 0 saturated heterocycles. The van der Waals surface area contributed by atoms with Crippen molar-refractivity contribution in [1.29, 1.82) is 0 Å². The Kier molecular flexibility index (Phi) is 5.38. The van der Waals surface area contributed by atoms with E-state index in [4.69, 9.17) is 22.7 Å². The molecule has 94 valence electrons. The zero-order valence-corrected chi connectivity index (χ0v) is 11.5. The molecule has 0 heterocycles. The summed E-state index contributed by atoms with van der Waals surface area (Å²) >= 11 is 5.09. The van der Waals surface area contributed by atoms with Crippen molar-refractivity contribution in [3.8, 4) is 0 Å². The fourth-order valence-corrected chi connectivity index (χ4v) is 2.16. The molecule has 0 aliphatic heterocycles. The van der Waals surface area contributed by atoms with Crippen molar-refractivity contribution in [2.75, 3.05) is 25.2 Å². The number of thiocarbonyl (C=S) groups is 1. The van der Waals surface area contributed by atoms with Gasteiger partial charge in [0.1, 0.15) is 4.99 Å². The SMILES string of the molecule is CCN(c1ccccc1C(N)=S)C(C)COC. The third-order valence-electron chi connectivity index (χ3n) is 2.76. The monoisotopic (exact) mass is 252 g/mol. The van der Waals surface area contributed by atoms with E-state index in [1.807, 2.05) is 24.3 Å². The maximum Gasteiger partial charge on any atom is 0.106 e. The van der Waals surface area contributed by atoms with Gasteiger partial charge in [0.2, 0.25) is 0 Å². The van der Waals surface area contributed by atoms with Gasteiger partial charge < -0.3 is 15.4 Å². The number of anilines is 1. The van der Waals surface area contributed by atoms with E-state index >= 15 is 0 Å². The van der Waals surface area contributed by atoms with E-state index in [9.17, 15) is 0 Å². The zero-order chi connectivity index (χ0) is 12.8. The summed E-state index contributed by atoms with van der Waals surface area (Å²) in [5.74, 6) is 0. The third-order valence-corrected chi connectivity index (χ3v) is 2.98. The van der Waals surface area contributed by atoms with Crippen LogP contribution in [0.5, 0.6) is 0 Å². The smallest absolute Gasteiger partial charge is 0.106 e. The molecule has 3 nitrogen and oxygen atoms in total. The molecular weight excluding hydrogens is 232 g/mol. The third kappa shape index (κ3) is 3.41. The van der Waals surface area contributed by atoms with Gasteiger partial charge in [-0.05, 0) is 26.0 Å². The first-order valence-electron chi connectivity index (χ1n) is 5.76. The summed E-state index contributed by atoms with van der Waals surface area (Å²) in [4.78, 5) is 2.68. The number of hydrogen-bond acceptors (Lipinski definition) is 3. The minimum atomic E-state index is 0.292. The van der Waals surface area contributed by atoms with E-state index in [0.717, 1.165) is 17.8 Å². The van der Waals surface area contributed by atoms with E-state index < -0.39 is 0 Å². The highest BCUT2D eigenvalue weighted by Gasteiger charge is 2.16. The van der Waals surface area contributed by atoms with Crippen LogP contribution in [0.15, 0.2) is 24.3 Å². The lowest BCUT2D eigenvalue weighted by Gasteiger charge is -2.31. The van der Waals surface area contributed by atoms with Crippen molar-refractivity contribution in [2.24, 2.45) is 5.73 Å². The lowest BCUT2D eigenvalue weighted by atomic mass is 10.1. The predicted molar refractivity (Wildman–Crippen MR) is 76.7 cm³/mol. The first kappa shape index (κ1) is 13.9. The molecule has 0 aliphatic rings. The molecule has 2 N–H and O–H groups in total. The van der Waals surface area contributed by atoms with Gasteiger partial charge in [0.25, 0.3) is 0 Å². The Balaban J connectivity index is 3.06. The van der Waals surface area contributed by atoms with Gasteiger partial charge in [-0.1, -0.05) is 24.4 Å². The number of benzene rings is 1. The zero-order valence-electron chi connectivity index (χ0n) is 10.6. The van der Waals surface area contributed by atoms with E-state index in [2.05, 4.69) is 18.7 Å². The summed E-state index contributed by atoms with van der Waals surface area (Å²) in [5, 5.41) is 0. The average Bonchev–Trinajstić information content (AvgIpc) is 2.31. The Labute approximate surface area is 109 Å². The molecule has 0 bridgehead atoms. The Hall–Kier alpha value is -1.13. The second kappa shape index (κ2) is 6.57. The van der Waals surface area contributed by atoms with E-state index in [0.29, 0.717) is 17.6 Å². The number of hydrogen-bond donors (Lipinski definition) is 1. The maximum absolute atomic E-state index is 5.75. The molecule has 1 aromatic rings. The summed E-state index contributed by atoms with van der Waals surface area (Å²) in [5.41, 5.74) is 7.75. The van der Waals surface area contributed by atoms with Gasteiger partial charge in [-0.25, -0.2) is 0 Å². The molecule has 0 amide bonds. The second-order valence-corrected chi connectivity index (χ2v) is 4.41. The van der Waals surface area contributed by atoms with Gasteiger partial charge >= 0.3 is 0 Å². The molecular formula is C13H20N2OS. The highest BCUT2D eigenvalue weighted by molar-refractivity contribution is 7.80. The van der Waals surface area contributed by atoms with Crippen molar-refractivity contribution in [3.63, 3.8) is 0 Å². The summed E-state index contributed by atoms with van der Waals surface area (Å²) in [6, 6.07) is 8.25. The van der Waals surface area contributed by atoms with Gasteiger partial charge in [-0.2, -0.15) is 0 Å². The fourth-order valence-electron chi connectivity index (χ4n) is 1.98. The summed E-state index contributed by atoms with van der Waals surface area (Å²) in [6.45, 7) is 5.81. The van der Waals surface area contributed by atoms with Crippen LogP contribution in [0, 0.1) is 0 Å². The molecule has 0 saturated carbocycles. The van der Waals surface area contributed by atoms with Crippen molar-refractivity contribution in [2.45, 2.75) is 19.9 Å². The first-order valence-corrected chi connectivity index (χ1v) is 6.17. The van der Waals surface area contributed by atoms with Gasteiger partial charge in [0.05, 0.1) is 6.61 Å². The van der Waals surface area contributed by atoms with E-state index in [1.165, 1.54) is 0 Å². The highest BCUT2D eigenvalue weighted by atomic mass is 32.1. The molecule has 17 heavy (non-hydrogen) atoms. The molecule has 1 atom stereocenters. The quantitative estimate of drug-likeness (QED) is 0.788. The second-order valence-electron chi connectivity index (χ2n) is 3.97. The maximum atomic E-state index is 5.75. The van der Waals surface area contributed by atoms with Crippen LogP contribution in [0.1, 0.15) is 19.4 Å². The summed E-state index contributed by atoms with van der Waals surface area (Å²) in [7, 11) is 1.71. The first-order chi connectivity index (χ1) is 8.11. The van der Waals surface area contributed by atoms with Crippen molar-refractivity contribution < 1.29 is 4.74 Å².